The third-order valence-electron chi connectivity index (χ3n) is 7.91. The zero-order valence-corrected chi connectivity index (χ0v) is 28.5. The van der Waals surface area contributed by atoms with E-state index >= 15 is 0 Å². The molecule has 41 heavy (non-hydrogen) atoms. The number of unbranched alkanes of at least 4 members (excludes halogenated alkanes) is 22. The van der Waals surface area contributed by atoms with E-state index in [1.54, 1.807) is 0 Å². The van der Waals surface area contributed by atoms with Crippen LogP contribution >= 0.6 is 0 Å². The molecule has 0 aromatic heterocycles. The van der Waals surface area contributed by atoms with Crippen LogP contribution in [0, 0.1) is 0 Å². The molecule has 0 aromatic rings. The summed E-state index contributed by atoms with van der Waals surface area (Å²) >= 11 is 0. The van der Waals surface area contributed by atoms with Crippen LogP contribution in [0.25, 0.3) is 0 Å². The molecule has 0 rings (SSSR count). The molecule has 0 saturated heterocycles. The second-order valence-corrected chi connectivity index (χ2v) is 12.0. The van der Waals surface area contributed by atoms with Gasteiger partial charge in [0.25, 0.3) is 0 Å². The van der Waals surface area contributed by atoms with Gasteiger partial charge in [0, 0.05) is 6.54 Å². The van der Waals surface area contributed by atoms with Crippen molar-refractivity contribution in [2.24, 2.45) is 5.73 Å². The maximum Gasteiger partial charge on any atom is 0.112 e. The first kappa shape index (κ1) is 42.7. The van der Waals surface area contributed by atoms with Gasteiger partial charge in [0.05, 0.1) is 6.61 Å². The van der Waals surface area contributed by atoms with Gasteiger partial charge in [0.15, 0.2) is 0 Å². The normalized spacial score (nSPS) is 12.4. The zero-order valence-electron chi connectivity index (χ0n) is 28.5. The molecule has 0 aliphatic rings. The van der Waals surface area contributed by atoms with Crippen molar-refractivity contribution < 1.29 is 14.9 Å². The first-order chi connectivity index (χ1) is 20.1. The van der Waals surface area contributed by atoms with E-state index in [2.05, 4.69) is 28.9 Å². The number of aliphatic hydroxyl groups excluding tert-OH is 1. The highest BCUT2D eigenvalue weighted by molar-refractivity contribution is 5.02. The van der Waals surface area contributed by atoms with E-state index in [1.807, 2.05) is 19.9 Å². The van der Waals surface area contributed by atoms with Crippen LogP contribution in [-0.4, -0.2) is 44.1 Å². The predicted octanol–water partition coefficient (Wildman–Crippen LogP) is 10.2. The first-order valence-corrected chi connectivity index (χ1v) is 18.1. The summed E-state index contributed by atoms with van der Waals surface area (Å²) in [7, 11) is 0. The van der Waals surface area contributed by atoms with Gasteiger partial charge in [-0.05, 0) is 45.4 Å². The van der Waals surface area contributed by atoms with Crippen LogP contribution in [0.15, 0.2) is 11.6 Å². The standard InChI is InChI=1S/C28H59N.C8H17NO3/c1-3-5-7-9-11-13-15-17-19-21-23-25-27-29-28-26-24-22-20-18-16-14-12-10-8-6-4-2;1-3-7(2)8(10)6-12-11-5-4-9/h29H,3-28H2,1-2H3;3,8,10H,4-6,9H2,1-2H3. The van der Waals surface area contributed by atoms with Crippen LogP contribution in [0.2, 0.25) is 0 Å². The molecule has 1 unspecified atom stereocenters. The minimum atomic E-state index is -0.590. The van der Waals surface area contributed by atoms with E-state index in [4.69, 9.17) is 5.73 Å². The fraction of sp³-hybridized carbons (Fsp3) is 0.944. The van der Waals surface area contributed by atoms with Crippen LogP contribution in [0.3, 0.4) is 0 Å². The van der Waals surface area contributed by atoms with Gasteiger partial charge in [-0.2, -0.15) is 0 Å². The predicted molar refractivity (Wildman–Crippen MR) is 181 cm³/mol. The number of nitrogens with two attached hydrogens (primary N) is 1. The lowest BCUT2D eigenvalue weighted by Crippen LogP contribution is -2.18. The Hall–Kier alpha value is -0.460. The highest BCUT2D eigenvalue weighted by Gasteiger charge is 2.05. The second kappa shape index (κ2) is 39.5. The third kappa shape index (κ3) is 39.5. The monoisotopic (exact) mass is 585 g/mol. The molecule has 0 saturated carbocycles. The maximum absolute atomic E-state index is 9.31. The topological polar surface area (TPSA) is 76.7 Å². The van der Waals surface area contributed by atoms with Crippen LogP contribution in [0.4, 0.5) is 0 Å². The van der Waals surface area contributed by atoms with Crippen molar-refractivity contribution in [3.63, 3.8) is 0 Å². The Labute approximate surface area is 258 Å². The molecular weight excluding hydrogens is 508 g/mol. The van der Waals surface area contributed by atoms with Crippen molar-refractivity contribution in [2.75, 3.05) is 32.8 Å². The molecule has 0 aromatic carbocycles. The fourth-order valence-electron chi connectivity index (χ4n) is 4.85. The van der Waals surface area contributed by atoms with Crippen molar-refractivity contribution in [1.82, 2.24) is 5.32 Å². The molecular formula is C36H76N2O3. The average Bonchev–Trinajstić information content (AvgIpc) is 2.99. The Balaban J connectivity index is 0. The van der Waals surface area contributed by atoms with Gasteiger partial charge in [-0.3, -0.25) is 0 Å². The summed E-state index contributed by atoms with van der Waals surface area (Å²) in [6.45, 7) is 11.7. The van der Waals surface area contributed by atoms with Crippen molar-refractivity contribution >= 4 is 0 Å². The number of hydrogen-bond donors (Lipinski definition) is 3. The van der Waals surface area contributed by atoms with Gasteiger partial charge in [-0.15, -0.1) is 0 Å². The second-order valence-electron chi connectivity index (χ2n) is 12.0. The van der Waals surface area contributed by atoms with Crippen LogP contribution < -0.4 is 11.1 Å². The van der Waals surface area contributed by atoms with Gasteiger partial charge in [-0.1, -0.05) is 161 Å². The minimum absolute atomic E-state index is 0.149. The Kier molecular flexibility index (Phi) is 41.2. The van der Waals surface area contributed by atoms with E-state index in [1.165, 1.54) is 167 Å². The van der Waals surface area contributed by atoms with Crippen molar-refractivity contribution in [3.8, 4) is 0 Å². The maximum atomic E-state index is 9.31. The minimum Gasteiger partial charge on any atom is -0.386 e. The highest BCUT2D eigenvalue weighted by atomic mass is 17.2. The summed E-state index contributed by atoms with van der Waals surface area (Å²) in [4.78, 5) is 9.32. The molecule has 248 valence electrons. The summed E-state index contributed by atoms with van der Waals surface area (Å²) in [6, 6.07) is 0. The summed E-state index contributed by atoms with van der Waals surface area (Å²) in [5.41, 5.74) is 6.02. The molecule has 0 radical (unpaired) electrons. The van der Waals surface area contributed by atoms with E-state index < -0.39 is 6.10 Å². The zero-order chi connectivity index (χ0) is 30.5. The van der Waals surface area contributed by atoms with E-state index in [0.717, 1.165) is 5.57 Å². The van der Waals surface area contributed by atoms with Gasteiger partial charge >= 0.3 is 0 Å². The highest BCUT2D eigenvalue weighted by Crippen LogP contribution is 2.13. The molecule has 0 fully saturated rings. The van der Waals surface area contributed by atoms with Crippen molar-refractivity contribution in [1.29, 1.82) is 0 Å². The molecule has 0 bridgehead atoms. The first-order valence-electron chi connectivity index (χ1n) is 18.1. The average molecular weight is 585 g/mol. The van der Waals surface area contributed by atoms with Gasteiger partial charge in [0.2, 0.25) is 0 Å². The van der Waals surface area contributed by atoms with Crippen LogP contribution in [0.5, 0.6) is 0 Å². The fourth-order valence-corrected chi connectivity index (χ4v) is 4.85. The van der Waals surface area contributed by atoms with E-state index in [9.17, 15) is 5.11 Å². The molecule has 0 spiro atoms. The Morgan fingerprint density at radius 3 is 1.27 bits per heavy atom. The Morgan fingerprint density at radius 2 is 0.951 bits per heavy atom. The number of aliphatic hydroxyl groups is 1. The number of allylic oxidation sites excluding steroid dienone is 1. The largest absolute Gasteiger partial charge is 0.386 e. The van der Waals surface area contributed by atoms with Gasteiger partial charge < -0.3 is 16.2 Å². The summed E-state index contributed by atoms with van der Waals surface area (Å²) in [6.07, 6.45) is 36.0. The number of hydrogen-bond acceptors (Lipinski definition) is 5. The Bertz CT molecular complexity index is 461. The van der Waals surface area contributed by atoms with E-state index in [0.29, 0.717) is 13.2 Å². The summed E-state index contributed by atoms with van der Waals surface area (Å²) in [5, 5.41) is 13.0. The lowest BCUT2D eigenvalue weighted by Gasteiger charge is -2.10. The molecule has 1 atom stereocenters. The lowest BCUT2D eigenvalue weighted by molar-refractivity contribution is -0.300. The smallest absolute Gasteiger partial charge is 0.112 e. The summed E-state index contributed by atoms with van der Waals surface area (Å²) in [5.74, 6) is 0. The summed E-state index contributed by atoms with van der Waals surface area (Å²) < 4.78 is 0. The molecule has 5 nitrogen and oxygen atoms in total. The molecule has 5 heteroatoms. The Morgan fingerprint density at radius 1 is 0.610 bits per heavy atom. The lowest BCUT2D eigenvalue weighted by atomic mass is 10.1. The molecule has 4 N–H and O–H groups in total. The van der Waals surface area contributed by atoms with Crippen molar-refractivity contribution in [2.45, 2.75) is 188 Å². The quantitative estimate of drug-likeness (QED) is 0.0317. The molecule has 0 aliphatic carbocycles. The van der Waals surface area contributed by atoms with Crippen LogP contribution in [0.1, 0.15) is 182 Å². The SMILES string of the molecule is CC=C(C)C(O)COOCCN.CCCCCCCCCCCCCCNCCCCCCCCCCCCCC. The number of nitrogens with one attached hydrogen (secondary N) is 1. The van der Waals surface area contributed by atoms with Crippen molar-refractivity contribution in [3.05, 3.63) is 11.6 Å². The molecule has 0 aliphatic heterocycles. The van der Waals surface area contributed by atoms with Gasteiger partial charge in [0.1, 0.15) is 12.7 Å². The third-order valence-corrected chi connectivity index (χ3v) is 7.91. The van der Waals surface area contributed by atoms with Gasteiger partial charge in [-0.25, -0.2) is 9.78 Å². The number of rotatable bonds is 32. The van der Waals surface area contributed by atoms with E-state index in [-0.39, 0.29) is 6.61 Å². The molecule has 0 amide bonds. The van der Waals surface area contributed by atoms with Crippen LogP contribution in [-0.2, 0) is 9.78 Å². The molecule has 0 heterocycles.